The monoisotopic (exact) mass is 333 g/mol. The van der Waals surface area contributed by atoms with Crippen molar-refractivity contribution in [2.24, 2.45) is 5.73 Å². The summed E-state index contributed by atoms with van der Waals surface area (Å²) in [7, 11) is 2.15. The van der Waals surface area contributed by atoms with Gasteiger partial charge in [0.05, 0.1) is 5.76 Å². The van der Waals surface area contributed by atoms with Crippen LogP contribution in [0.2, 0.25) is 0 Å². The van der Waals surface area contributed by atoms with Crippen molar-refractivity contribution in [1.82, 2.24) is 10.2 Å². The number of rotatable bonds is 10. The lowest BCUT2D eigenvalue weighted by Gasteiger charge is -2.24. The first kappa shape index (κ1) is 20.4. The second-order valence-electron chi connectivity index (χ2n) is 6.48. The first-order valence-electron chi connectivity index (χ1n) is 9.05. The molecule has 24 heavy (non-hydrogen) atoms. The van der Waals surface area contributed by atoms with E-state index in [0.29, 0.717) is 12.6 Å². The highest BCUT2D eigenvalue weighted by Gasteiger charge is 2.10. The van der Waals surface area contributed by atoms with Gasteiger partial charge in [0.2, 0.25) is 0 Å². The number of likely N-dealkylation sites (N-methyl/N-ethyl adjacent to an activating group) is 1. The molecule has 4 heteroatoms. The van der Waals surface area contributed by atoms with Crippen LogP contribution >= 0.6 is 0 Å². The summed E-state index contributed by atoms with van der Waals surface area (Å²) in [4.78, 5) is 2.33. The first-order chi connectivity index (χ1) is 11.6. The molecule has 4 nitrogen and oxygen atoms in total. The summed E-state index contributed by atoms with van der Waals surface area (Å²) in [5.74, 6) is 1.12. The molecule has 1 aliphatic rings. The summed E-state index contributed by atoms with van der Waals surface area (Å²) >= 11 is 0. The third-order valence-electron chi connectivity index (χ3n) is 4.49. The standard InChI is InChI=1S/C20H35N3O/c1-5-18(3)23(4)15-17(2)22-14-8-10-20-12-11-19(16-24-20)9-6-7-13-21/h7,9-10,13,18,22H,2,5-6,8,11-12,14-16,21H2,1,3-4H3/b13-7+,19-9+,20-10+/t18-/m0/s1. The Kier molecular flexibility index (Phi) is 10.0. The van der Waals surface area contributed by atoms with Crippen LogP contribution in [0.25, 0.3) is 0 Å². The van der Waals surface area contributed by atoms with Gasteiger partial charge in [0.25, 0.3) is 0 Å². The van der Waals surface area contributed by atoms with Crippen LogP contribution in [0, 0.1) is 0 Å². The molecule has 1 rings (SSSR count). The maximum absolute atomic E-state index is 5.82. The molecule has 0 radical (unpaired) electrons. The average molecular weight is 334 g/mol. The molecular weight excluding hydrogens is 298 g/mol. The molecule has 0 aromatic heterocycles. The van der Waals surface area contributed by atoms with Crippen molar-refractivity contribution in [3.05, 3.63) is 48.0 Å². The summed E-state index contributed by atoms with van der Waals surface area (Å²) in [5.41, 5.74) is 7.79. The quantitative estimate of drug-likeness (QED) is 0.473. The van der Waals surface area contributed by atoms with Crippen molar-refractivity contribution in [3.63, 3.8) is 0 Å². The summed E-state index contributed by atoms with van der Waals surface area (Å²) < 4.78 is 5.82. The zero-order valence-corrected chi connectivity index (χ0v) is 15.7. The van der Waals surface area contributed by atoms with E-state index < -0.39 is 0 Å². The second kappa shape index (κ2) is 11.8. The number of hydrogen-bond acceptors (Lipinski definition) is 4. The van der Waals surface area contributed by atoms with Crippen LogP contribution in [0.3, 0.4) is 0 Å². The van der Waals surface area contributed by atoms with E-state index in [4.69, 9.17) is 10.5 Å². The van der Waals surface area contributed by atoms with Crippen molar-refractivity contribution in [2.75, 3.05) is 26.7 Å². The molecule has 0 amide bonds. The third-order valence-corrected chi connectivity index (χ3v) is 4.49. The van der Waals surface area contributed by atoms with Crippen LogP contribution in [-0.2, 0) is 4.74 Å². The minimum Gasteiger partial charge on any atom is -0.494 e. The lowest BCUT2D eigenvalue weighted by molar-refractivity contribution is 0.202. The Balaban J connectivity index is 2.20. The highest BCUT2D eigenvalue weighted by atomic mass is 16.5. The van der Waals surface area contributed by atoms with Crippen LogP contribution in [0.15, 0.2) is 48.0 Å². The van der Waals surface area contributed by atoms with E-state index in [2.05, 4.69) is 49.8 Å². The van der Waals surface area contributed by atoms with E-state index in [1.165, 1.54) is 5.57 Å². The van der Waals surface area contributed by atoms with Gasteiger partial charge in [0.1, 0.15) is 6.61 Å². The Labute approximate surface area is 148 Å². The molecule has 1 heterocycles. The van der Waals surface area contributed by atoms with Crippen LogP contribution in [0.4, 0.5) is 0 Å². The molecule has 0 bridgehead atoms. The smallest absolute Gasteiger partial charge is 0.109 e. The van der Waals surface area contributed by atoms with E-state index in [1.54, 1.807) is 6.20 Å². The van der Waals surface area contributed by atoms with Crippen molar-refractivity contribution in [3.8, 4) is 0 Å². The Morgan fingerprint density at radius 3 is 2.83 bits per heavy atom. The normalized spacial score (nSPS) is 19.8. The summed E-state index contributed by atoms with van der Waals surface area (Å²) in [6.07, 6.45) is 13.1. The van der Waals surface area contributed by atoms with Crippen LogP contribution < -0.4 is 11.1 Å². The number of nitrogens with two attached hydrogens (primary N) is 1. The summed E-state index contributed by atoms with van der Waals surface area (Å²) in [6, 6.07) is 0.587. The van der Waals surface area contributed by atoms with Crippen molar-refractivity contribution in [1.29, 1.82) is 0 Å². The van der Waals surface area contributed by atoms with Crippen LogP contribution in [0.5, 0.6) is 0 Å². The molecule has 0 aliphatic carbocycles. The van der Waals surface area contributed by atoms with E-state index in [1.807, 2.05) is 6.08 Å². The molecule has 0 unspecified atom stereocenters. The van der Waals surface area contributed by atoms with Gasteiger partial charge in [0.15, 0.2) is 0 Å². The lowest BCUT2D eigenvalue weighted by Crippen LogP contribution is -2.33. The lowest BCUT2D eigenvalue weighted by atomic mass is 10.1. The first-order valence-corrected chi connectivity index (χ1v) is 9.05. The van der Waals surface area contributed by atoms with Gasteiger partial charge in [-0.05, 0) is 57.5 Å². The number of nitrogens with one attached hydrogen (secondary N) is 1. The largest absolute Gasteiger partial charge is 0.494 e. The minimum atomic E-state index is 0.587. The zero-order chi connectivity index (χ0) is 17.8. The molecule has 0 saturated carbocycles. The Morgan fingerprint density at radius 1 is 1.42 bits per heavy atom. The molecule has 1 aliphatic heterocycles. The number of allylic oxidation sites excluding steroid dienone is 3. The molecule has 1 atom stereocenters. The van der Waals surface area contributed by atoms with Gasteiger partial charge in [-0.25, -0.2) is 0 Å². The molecule has 1 saturated heterocycles. The number of hydrogen-bond donors (Lipinski definition) is 2. The fourth-order valence-corrected chi connectivity index (χ4v) is 2.56. The highest BCUT2D eigenvalue weighted by Crippen LogP contribution is 2.21. The Morgan fingerprint density at radius 2 is 2.21 bits per heavy atom. The third kappa shape index (κ3) is 8.25. The van der Waals surface area contributed by atoms with Gasteiger partial charge in [-0.3, -0.25) is 4.90 Å². The minimum absolute atomic E-state index is 0.587. The predicted octanol–water partition coefficient (Wildman–Crippen LogP) is 3.69. The van der Waals surface area contributed by atoms with Gasteiger partial charge in [-0.1, -0.05) is 25.7 Å². The summed E-state index contributed by atoms with van der Waals surface area (Å²) in [6.45, 7) is 11.1. The van der Waals surface area contributed by atoms with Gasteiger partial charge in [-0.15, -0.1) is 0 Å². The van der Waals surface area contributed by atoms with E-state index in [9.17, 15) is 0 Å². The SMILES string of the molecule is C=C(CN(C)[C@@H](C)CC)NCC/C=C1\CC/C(=C\C/C=C/N)CO1. The number of ether oxygens (including phenoxy) is 1. The van der Waals surface area contributed by atoms with Crippen LogP contribution in [-0.4, -0.2) is 37.7 Å². The highest BCUT2D eigenvalue weighted by molar-refractivity contribution is 5.12. The molecule has 1 fully saturated rings. The predicted molar refractivity (Wildman–Crippen MR) is 103 cm³/mol. The van der Waals surface area contributed by atoms with Gasteiger partial charge >= 0.3 is 0 Å². The molecule has 0 aromatic carbocycles. The van der Waals surface area contributed by atoms with Gasteiger partial charge in [0, 0.05) is 31.2 Å². The second-order valence-corrected chi connectivity index (χ2v) is 6.48. The van der Waals surface area contributed by atoms with E-state index in [-0.39, 0.29) is 0 Å². The fourth-order valence-electron chi connectivity index (χ4n) is 2.56. The van der Waals surface area contributed by atoms with Crippen LogP contribution in [0.1, 0.15) is 46.0 Å². The fraction of sp³-hybridized carbons (Fsp3) is 0.600. The topological polar surface area (TPSA) is 50.5 Å². The number of nitrogens with zero attached hydrogens (tertiary/aromatic N) is 1. The van der Waals surface area contributed by atoms with Crippen molar-refractivity contribution < 1.29 is 4.74 Å². The molecular formula is C20H35N3O. The van der Waals surface area contributed by atoms with Gasteiger partial charge in [-0.2, -0.15) is 0 Å². The molecule has 136 valence electrons. The molecule has 0 spiro atoms. The maximum Gasteiger partial charge on any atom is 0.109 e. The van der Waals surface area contributed by atoms with Crippen molar-refractivity contribution in [2.45, 2.75) is 52.0 Å². The Hall–Kier alpha value is -1.68. The molecule has 3 N–H and O–H groups in total. The zero-order valence-electron chi connectivity index (χ0n) is 15.7. The van der Waals surface area contributed by atoms with Crippen molar-refractivity contribution >= 4 is 0 Å². The van der Waals surface area contributed by atoms with E-state index in [0.717, 1.165) is 56.6 Å². The summed E-state index contributed by atoms with van der Waals surface area (Å²) in [5, 5.41) is 3.41. The van der Waals surface area contributed by atoms with Gasteiger partial charge < -0.3 is 15.8 Å². The maximum atomic E-state index is 5.82. The molecule has 0 aromatic rings. The van der Waals surface area contributed by atoms with E-state index >= 15 is 0 Å². The average Bonchev–Trinajstić information content (AvgIpc) is 2.59. The Bertz CT molecular complexity index is 454.